The van der Waals surface area contributed by atoms with E-state index in [4.69, 9.17) is 0 Å². The summed E-state index contributed by atoms with van der Waals surface area (Å²) in [7, 11) is 0. The van der Waals surface area contributed by atoms with E-state index in [2.05, 4.69) is 89.2 Å². The van der Waals surface area contributed by atoms with Gasteiger partial charge in [-0.1, -0.05) is 89.0 Å². The standard InChI is InChI=1S/C27H31.3ClH.Ti/c1-17-10-18(2)13-23(12-17)27(24-14-19(3)11-20(4)15-24)26-21(5)16-22-8-6-7-9-25(22)26;;;;/h6-7,9-15,21-22,27H,8,16H2,1-5H3;3*1H;/q-1;;;;+4/p-3. The van der Waals surface area contributed by atoms with E-state index in [9.17, 15) is 0 Å². The van der Waals surface area contributed by atoms with Crippen molar-refractivity contribution in [2.45, 2.75) is 53.4 Å². The summed E-state index contributed by atoms with van der Waals surface area (Å²) in [6, 6.07) is 14.2. The SMILES string of the molecule is Cc1cc(C)cc(C(c2cc(C)cc(C)c2)[C-]2C3=CC=CCC3CC2C)c1.[Cl-].[Cl-].[Cl-].[Ti+4]. The molecule has 0 radical (unpaired) electrons. The molecule has 1 saturated carbocycles. The fraction of sp³-hybridized carbons (Fsp3) is 0.370. The van der Waals surface area contributed by atoms with Crippen molar-refractivity contribution in [3.05, 3.63) is 99.5 Å². The number of benzene rings is 2. The number of allylic oxidation sites excluding steroid dienone is 4. The minimum Gasteiger partial charge on any atom is -1.00 e. The maximum absolute atomic E-state index is 2.44. The molecular weight excluding hydrogens is 479 g/mol. The Morgan fingerprint density at radius 1 is 0.774 bits per heavy atom. The Kier molecular flexibility index (Phi) is 12.3. The summed E-state index contributed by atoms with van der Waals surface area (Å²) >= 11 is 0. The molecule has 0 amide bonds. The van der Waals surface area contributed by atoms with Crippen molar-refractivity contribution >= 4 is 0 Å². The molecule has 164 valence electrons. The predicted octanol–water partition coefficient (Wildman–Crippen LogP) is -1.82. The molecule has 0 saturated heterocycles. The Bertz CT molecular complexity index is 840. The van der Waals surface area contributed by atoms with Crippen molar-refractivity contribution in [1.82, 2.24) is 0 Å². The molecule has 2 aliphatic carbocycles. The molecule has 2 aromatic rings. The Hall–Kier alpha value is -0.626. The van der Waals surface area contributed by atoms with E-state index in [0.717, 1.165) is 0 Å². The van der Waals surface area contributed by atoms with Crippen LogP contribution in [0.2, 0.25) is 0 Å². The molecule has 4 heteroatoms. The zero-order valence-electron chi connectivity index (χ0n) is 19.0. The summed E-state index contributed by atoms with van der Waals surface area (Å²) in [5.41, 5.74) is 9.96. The third kappa shape index (κ3) is 6.46. The molecule has 2 aromatic carbocycles. The van der Waals surface area contributed by atoms with Crippen LogP contribution in [-0.4, -0.2) is 0 Å². The van der Waals surface area contributed by atoms with Gasteiger partial charge in [-0.05, 0) is 46.0 Å². The normalized spacial score (nSPS) is 18.8. The second-order valence-corrected chi connectivity index (χ2v) is 8.85. The third-order valence-electron chi connectivity index (χ3n) is 6.24. The van der Waals surface area contributed by atoms with E-state index >= 15 is 0 Å². The van der Waals surface area contributed by atoms with Gasteiger partial charge in [0.2, 0.25) is 0 Å². The van der Waals surface area contributed by atoms with Crippen molar-refractivity contribution in [1.29, 1.82) is 0 Å². The van der Waals surface area contributed by atoms with Crippen LogP contribution in [0.1, 0.15) is 59.1 Å². The molecule has 0 N–H and O–H groups in total. The molecule has 31 heavy (non-hydrogen) atoms. The van der Waals surface area contributed by atoms with Crippen LogP contribution in [-0.2, 0) is 21.7 Å². The molecule has 2 atom stereocenters. The van der Waals surface area contributed by atoms with Gasteiger partial charge in [0, 0.05) is 0 Å². The fourth-order valence-corrected chi connectivity index (χ4v) is 5.43. The summed E-state index contributed by atoms with van der Waals surface area (Å²) in [4.78, 5) is 0. The van der Waals surface area contributed by atoms with Crippen LogP contribution in [0.4, 0.5) is 0 Å². The summed E-state index contributed by atoms with van der Waals surface area (Å²) in [5, 5.41) is 0. The van der Waals surface area contributed by atoms with E-state index in [0.29, 0.717) is 17.8 Å². The summed E-state index contributed by atoms with van der Waals surface area (Å²) in [6.07, 6.45) is 9.49. The average molecular weight is 510 g/mol. The first-order chi connectivity index (χ1) is 12.9. The smallest absolute Gasteiger partial charge is 1.00 e. The quantitative estimate of drug-likeness (QED) is 0.338. The number of rotatable bonds is 3. The molecule has 0 aliphatic heterocycles. The number of aryl methyl sites for hydroxylation is 4. The Morgan fingerprint density at radius 2 is 1.23 bits per heavy atom. The zero-order valence-corrected chi connectivity index (χ0v) is 22.8. The van der Waals surface area contributed by atoms with Gasteiger partial charge in [0.25, 0.3) is 0 Å². The Labute approximate surface area is 222 Å². The second kappa shape index (κ2) is 12.6. The third-order valence-corrected chi connectivity index (χ3v) is 6.24. The van der Waals surface area contributed by atoms with Gasteiger partial charge >= 0.3 is 21.7 Å². The fourth-order valence-electron chi connectivity index (χ4n) is 5.43. The van der Waals surface area contributed by atoms with Gasteiger partial charge in [0.15, 0.2) is 0 Å². The molecule has 0 heterocycles. The zero-order chi connectivity index (χ0) is 19.1. The molecule has 2 unspecified atom stereocenters. The van der Waals surface area contributed by atoms with E-state index in [1.54, 1.807) is 11.5 Å². The molecule has 0 spiro atoms. The van der Waals surface area contributed by atoms with Crippen molar-refractivity contribution in [3.63, 3.8) is 0 Å². The Balaban J connectivity index is 0.00000225. The van der Waals surface area contributed by atoms with E-state index < -0.39 is 0 Å². The molecule has 2 aliphatic rings. The van der Waals surface area contributed by atoms with Crippen LogP contribution in [0.3, 0.4) is 0 Å². The van der Waals surface area contributed by atoms with Gasteiger partial charge in [0.05, 0.1) is 0 Å². The first kappa shape index (κ1) is 30.4. The van der Waals surface area contributed by atoms with Crippen LogP contribution in [0, 0.1) is 45.4 Å². The average Bonchev–Trinajstić information content (AvgIpc) is 2.90. The minimum atomic E-state index is 0. The van der Waals surface area contributed by atoms with Crippen LogP contribution in [0.5, 0.6) is 0 Å². The minimum absolute atomic E-state index is 0. The number of hydrogen-bond donors (Lipinski definition) is 0. The molecule has 1 fully saturated rings. The van der Waals surface area contributed by atoms with Crippen molar-refractivity contribution in [2.24, 2.45) is 11.8 Å². The second-order valence-electron chi connectivity index (χ2n) is 8.85. The summed E-state index contributed by atoms with van der Waals surface area (Å²) in [5.74, 6) is 3.35. The van der Waals surface area contributed by atoms with Crippen LogP contribution >= 0.6 is 0 Å². The first-order valence-corrected chi connectivity index (χ1v) is 10.3. The van der Waals surface area contributed by atoms with E-state index in [1.165, 1.54) is 46.2 Å². The first-order valence-electron chi connectivity index (χ1n) is 10.3. The van der Waals surface area contributed by atoms with Gasteiger partial charge in [0.1, 0.15) is 0 Å². The van der Waals surface area contributed by atoms with Gasteiger partial charge < -0.3 is 37.2 Å². The summed E-state index contributed by atoms with van der Waals surface area (Å²) in [6.45, 7) is 11.3. The largest absolute Gasteiger partial charge is 4.00 e. The molecular formula is C27H31Cl3Ti. The van der Waals surface area contributed by atoms with Crippen molar-refractivity contribution in [2.75, 3.05) is 0 Å². The van der Waals surface area contributed by atoms with Crippen molar-refractivity contribution < 1.29 is 58.9 Å². The Morgan fingerprint density at radius 3 is 1.68 bits per heavy atom. The molecule has 0 nitrogen and oxygen atoms in total. The van der Waals surface area contributed by atoms with Gasteiger partial charge in [-0.3, -0.25) is 0 Å². The van der Waals surface area contributed by atoms with Crippen LogP contribution in [0.25, 0.3) is 0 Å². The maximum atomic E-state index is 2.44. The van der Waals surface area contributed by atoms with Gasteiger partial charge in [-0.15, -0.1) is 12.2 Å². The number of fused-ring (bicyclic) bond motifs is 1. The molecule has 0 bridgehead atoms. The van der Waals surface area contributed by atoms with Gasteiger partial charge in [-0.2, -0.15) is 5.92 Å². The molecule has 4 rings (SSSR count). The number of hydrogen-bond acceptors (Lipinski definition) is 0. The monoisotopic (exact) mass is 508 g/mol. The summed E-state index contributed by atoms with van der Waals surface area (Å²) < 4.78 is 0. The van der Waals surface area contributed by atoms with E-state index in [-0.39, 0.29) is 58.9 Å². The van der Waals surface area contributed by atoms with Crippen LogP contribution in [0.15, 0.2) is 60.2 Å². The predicted molar refractivity (Wildman–Crippen MR) is 116 cm³/mol. The maximum Gasteiger partial charge on any atom is 4.00 e. The molecule has 0 aromatic heterocycles. The number of halogens is 3. The van der Waals surface area contributed by atoms with E-state index in [1.807, 2.05) is 0 Å². The van der Waals surface area contributed by atoms with Crippen molar-refractivity contribution in [3.8, 4) is 0 Å². The van der Waals surface area contributed by atoms with Gasteiger partial charge in [-0.25, -0.2) is 11.6 Å². The van der Waals surface area contributed by atoms with Crippen LogP contribution < -0.4 is 37.2 Å². The topological polar surface area (TPSA) is 0 Å².